The van der Waals surface area contributed by atoms with Crippen LogP contribution in [0.3, 0.4) is 0 Å². The van der Waals surface area contributed by atoms with Crippen molar-refractivity contribution in [3.63, 3.8) is 0 Å². The summed E-state index contributed by atoms with van der Waals surface area (Å²) in [4.78, 5) is 13.7. The molecule has 1 saturated heterocycles. The first-order valence-electron chi connectivity index (χ1n) is 10.1. The molecule has 2 unspecified atom stereocenters. The van der Waals surface area contributed by atoms with Crippen LogP contribution in [0.2, 0.25) is 0 Å². The van der Waals surface area contributed by atoms with Crippen LogP contribution in [0.15, 0.2) is 30.3 Å². The maximum atomic E-state index is 13.7. The summed E-state index contributed by atoms with van der Waals surface area (Å²) in [7, 11) is 0. The molecule has 2 N–H and O–H groups in total. The number of carbonyl (C=O) groups excluding carboxylic acids is 1. The maximum Gasteiger partial charge on any atom is 0.227 e. The van der Waals surface area contributed by atoms with Crippen LogP contribution in [0.25, 0.3) is 0 Å². The van der Waals surface area contributed by atoms with Gasteiger partial charge in [0.05, 0.1) is 5.41 Å². The lowest BCUT2D eigenvalue weighted by atomic mass is 9.63. The maximum absolute atomic E-state index is 13.7. The van der Waals surface area contributed by atoms with Gasteiger partial charge in [0.15, 0.2) is 0 Å². The molecule has 25 heavy (non-hydrogen) atoms. The number of piperidine rings is 1. The van der Waals surface area contributed by atoms with E-state index in [0.717, 1.165) is 44.7 Å². The summed E-state index contributed by atoms with van der Waals surface area (Å²) in [6.45, 7) is 4.50. The molecule has 0 aromatic heterocycles. The van der Waals surface area contributed by atoms with Gasteiger partial charge >= 0.3 is 0 Å². The third-order valence-corrected chi connectivity index (χ3v) is 7.86. The van der Waals surface area contributed by atoms with E-state index in [2.05, 4.69) is 47.9 Å². The largest absolute Gasteiger partial charge is 0.353 e. The number of benzene rings is 1. The minimum atomic E-state index is -0.170. The smallest absolute Gasteiger partial charge is 0.227 e. The van der Waals surface area contributed by atoms with E-state index >= 15 is 0 Å². The summed E-state index contributed by atoms with van der Waals surface area (Å²) in [5, 5.41) is 6.90. The Labute approximate surface area is 151 Å². The first-order chi connectivity index (χ1) is 12.1. The second-order valence-electron chi connectivity index (χ2n) is 9.67. The zero-order valence-corrected chi connectivity index (χ0v) is 15.3. The fourth-order valence-corrected chi connectivity index (χ4v) is 7.37. The first-order valence-corrected chi connectivity index (χ1v) is 10.1. The lowest BCUT2D eigenvalue weighted by molar-refractivity contribution is -0.135. The van der Waals surface area contributed by atoms with Crippen molar-refractivity contribution in [3.05, 3.63) is 35.9 Å². The van der Waals surface area contributed by atoms with Crippen molar-refractivity contribution in [2.24, 2.45) is 16.7 Å². The SMILES string of the molecule is C[C@@]12CC3CC(C(=O)NC4CCNCC4)(C1)[C@](c1ccccc1)(C3)C2. The quantitative estimate of drug-likeness (QED) is 0.887. The first kappa shape index (κ1) is 15.9. The molecule has 4 atom stereocenters. The molecule has 1 amide bonds. The van der Waals surface area contributed by atoms with Gasteiger partial charge in [-0.2, -0.15) is 0 Å². The molecule has 5 fully saturated rings. The van der Waals surface area contributed by atoms with Crippen LogP contribution >= 0.6 is 0 Å². The van der Waals surface area contributed by atoms with Gasteiger partial charge in [-0.1, -0.05) is 37.3 Å². The topological polar surface area (TPSA) is 41.1 Å². The third kappa shape index (κ3) is 2.17. The van der Waals surface area contributed by atoms with E-state index in [1.807, 2.05) is 0 Å². The predicted octanol–water partition coefficient (Wildman–Crippen LogP) is 3.39. The minimum Gasteiger partial charge on any atom is -0.353 e. The minimum absolute atomic E-state index is 0.0723. The Morgan fingerprint density at radius 1 is 1.08 bits per heavy atom. The molecule has 0 spiro atoms. The third-order valence-electron chi connectivity index (χ3n) is 7.86. The van der Waals surface area contributed by atoms with E-state index in [4.69, 9.17) is 0 Å². The van der Waals surface area contributed by atoms with Crippen molar-refractivity contribution in [2.45, 2.75) is 63.3 Å². The van der Waals surface area contributed by atoms with Crippen LogP contribution in [0, 0.1) is 16.7 Å². The van der Waals surface area contributed by atoms with Crippen molar-refractivity contribution >= 4 is 5.91 Å². The fourth-order valence-electron chi connectivity index (χ4n) is 7.37. The molecule has 4 saturated carbocycles. The Balaban J connectivity index is 1.53. The molecule has 4 aliphatic carbocycles. The van der Waals surface area contributed by atoms with E-state index in [1.54, 1.807) is 0 Å². The molecule has 134 valence electrons. The van der Waals surface area contributed by atoms with Gasteiger partial charge in [0.1, 0.15) is 0 Å². The number of hydrogen-bond acceptors (Lipinski definition) is 2. The van der Waals surface area contributed by atoms with Gasteiger partial charge in [-0.3, -0.25) is 4.79 Å². The number of hydrogen-bond donors (Lipinski definition) is 2. The molecule has 0 radical (unpaired) electrons. The van der Waals surface area contributed by atoms with Gasteiger partial charge in [0, 0.05) is 11.5 Å². The highest BCUT2D eigenvalue weighted by molar-refractivity contribution is 5.86. The molecule has 4 bridgehead atoms. The van der Waals surface area contributed by atoms with Crippen molar-refractivity contribution < 1.29 is 4.79 Å². The Hall–Kier alpha value is -1.35. The van der Waals surface area contributed by atoms with Gasteiger partial charge in [0.25, 0.3) is 0 Å². The van der Waals surface area contributed by atoms with Crippen molar-refractivity contribution in [1.29, 1.82) is 0 Å². The molecule has 3 nitrogen and oxygen atoms in total. The Morgan fingerprint density at radius 2 is 1.84 bits per heavy atom. The van der Waals surface area contributed by atoms with Crippen molar-refractivity contribution in [2.75, 3.05) is 13.1 Å². The van der Waals surface area contributed by atoms with E-state index in [-0.39, 0.29) is 10.8 Å². The van der Waals surface area contributed by atoms with Crippen LogP contribution in [-0.2, 0) is 10.2 Å². The lowest BCUT2D eigenvalue weighted by Gasteiger charge is -2.41. The van der Waals surface area contributed by atoms with Gasteiger partial charge in [0.2, 0.25) is 5.91 Å². The number of amides is 1. The molecular formula is C22H30N2O. The molecule has 1 heterocycles. The monoisotopic (exact) mass is 338 g/mol. The van der Waals surface area contributed by atoms with Gasteiger partial charge in [-0.25, -0.2) is 0 Å². The van der Waals surface area contributed by atoms with Crippen molar-refractivity contribution in [3.8, 4) is 0 Å². The average molecular weight is 338 g/mol. The van der Waals surface area contributed by atoms with Crippen molar-refractivity contribution in [1.82, 2.24) is 10.6 Å². The molecule has 1 aliphatic heterocycles. The van der Waals surface area contributed by atoms with Crippen LogP contribution in [-0.4, -0.2) is 25.0 Å². The van der Waals surface area contributed by atoms with Crippen LogP contribution in [0.5, 0.6) is 0 Å². The molecule has 6 rings (SSSR count). The highest BCUT2D eigenvalue weighted by Crippen LogP contribution is 2.76. The van der Waals surface area contributed by atoms with Gasteiger partial charge in [-0.15, -0.1) is 0 Å². The number of carbonyl (C=O) groups is 1. The van der Waals surface area contributed by atoms with E-state index in [0.29, 0.717) is 17.4 Å². The Kier molecular flexibility index (Phi) is 3.38. The summed E-state index contributed by atoms with van der Waals surface area (Å²) in [5.41, 5.74) is 1.67. The second-order valence-corrected chi connectivity index (χ2v) is 9.67. The Bertz CT molecular complexity index is 683. The molecular weight excluding hydrogens is 308 g/mol. The molecule has 1 aromatic carbocycles. The summed E-state index contributed by atoms with van der Waals surface area (Å²) >= 11 is 0. The summed E-state index contributed by atoms with van der Waals surface area (Å²) in [6.07, 6.45) is 8.06. The fraction of sp³-hybridized carbons (Fsp3) is 0.682. The number of nitrogens with one attached hydrogen (secondary N) is 2. The Morgan fingerprint density at radius 3 is 2.56 bits per heavy atom. The van der Waals surface area contributed by atoms with Crippen LogP contribution in [0.4, 0.5) is 0 Å². The average Bonchev–Trinajstić information content (AvgIpc) is 2.95. The van der Waals surface area contributed by atoms with Gasteiger partial charge < -0.3 is 10.6 Å². The van der Waals surface area contributed by atoms with E-state index in [9.17, 15) is 4.79 Å². The summed E-state index contributed by atoms with van der Waals surface area (Å²) in [5.74, 6) is 1.10. The molecule has 3 heteroatoms. The lowest BCUT2D eigenvalue weighted by Crippen LogP contribution is -2.53. The zero-order chi connectivity index (χ0) is 17.1. The normalized spacial score (nSPS) is 42.7. The predicted molar refractivity (Wildman–Crippen MR) is 99.3 cm³/mol. The zero-order valence-electron chi connectivity index (χ0n) is 15.3. The summed E-state index contributed by atoms with van der Waals surface area (Å²) in [6, 6.07) is 11.3. The van der Waals surface area contributed by atoms with E-state index < -0.39 is 0 Å². The molecule has 5 aliphatic rings. The van der Waals surface area contributed by atoms with E-state index in [1.165, 1.54) is 24.8 Å². The highest BCUT2D eigenvalue weighted by Gasteiger charge is 2.73. The standard InChI is InChI=1S/C22H30N2O/c1-20-11-16-12-21(14-20,17-5-3-2-4-6-17)22(13-16,15-20)19(25)24-18-7-9-23-10-8-18/h2-6,16,18,23H,7-15H2,1H3,(H,24,25)/t16?,20-,21+,22?/m0/s1. The number of rotatable bonds is 3. The van der Waals surface area contributed by atoms with Crippen LogP contribution in [0.1, 0.15) is 57.4 Å². The second kappa shape index (κ2) is 5.33. The highest BCUT2D eigenvalue weighted by atomic mass is 16.2. The van der Waals surface area contributed by atoms with Crippen LogP contribution < -0.4 is 10.6 Å². The van der Waals surface area contributed by atoms with Gasteiger partial charge in [-0.05, 0) is 74.9 Å². The summed E-state index contributed by atoms with van der Waals surface area (Å²) < 4.78 is 0. The molecule has 1 aromatic rings.